The van der Waals surface area contributed by atoms with Gasteiger partial charge in [-0.05, 0) is 36.8 Å². The Morgan fingerprint density at radius 1 is 1.24 bits per heavy atom. The number of ether oxygens (including phenoxy) is 1. The lowest BCUT2D eigenvalue weighted by Gasteiger charge is -2.18. The highest BCUT2D eigenvalue weighted by Crippen LogP contribution is 2.30. The van der Waals surface area contributed by atoms with E-state index < -0.39 is 5.97 Å². The maximum atomic E-state index is 11.2. The second-order valence-corrected chi connectivity index (χ2v) is 4.65. The van der Waals surface area contributed by atoms with Gasteiger partial charge in [-0.3, -0.25) is 0 Å². The van der Waals surface area contributed by atoms with Crippen molar-refractivity contribution >= 4 is 11.7 Å². The highest BCUT2D eigenvalue weighted by Gasteiger charge is 2.13. The van der Waals surface area contributed by atoms with Gasteiger partial charge in [0, 0.05) is 11.7 Å². The van der Waals surface area contributed by atoms with E-state index in [9.17, 15) is 15.0 Å². The van der Waals surface area contributed by atoms with Crippen molar-refractivity contribution in [2.75, 3.05) is 12.4 Å². The molecule has 0 amide bonds. The van der Waals surface area contributed by atoms with Gasteiger partial charge in [-0.1, -0.05) is 18.2 Å². The van der Waals surface area contributed by atoms with Crippen LogP contribution in [0.4, 0.5) is 5.69 Å². The standard InChI is InChI=1S/C16H17NO4/c1-10(11-7-8-14(18)15(9-11)21-2)17-13-6-4-3-5-12(13)16(19)20/h3-10,17-18H,1-2H3,(H,19,20). The Kier molecular flexibility index (Phi) is 4.33. The quantitative estimate of drug-likeness (QED) is 0.786. The Hall–Kier alpha value is -2.69. The Morgan fingerprint density at radius 2 is 1.95 bits per heavy atom. The van der Waals surface area contributed by atoms with Crippen molar-refractivity contribution in [3.05, 3.63) is 53.6 Å². The third-order valence-corrected chi connectivity index (χ3v) is 3.23. The van der Waals surface area contributed by atoms with E-state index in [1.54, 1.807) is 42.5 Å². The molecule has 0 aliphatic rings. The molecule has 2 aromatic carbocycles. The molecule has 3 N–H and O–H groups in total. The van der Waals surface area contributed by atoms with Gasteiger partial charge in [0.25, 0.3) is 0 Å². The molecule has 0 saturated heterocycles. The minimum Gasteiger partial charge on any atom is -0.504 e. The van der Waals surface area contributed by atoms with Crippen molar-refractivity contribution in [1.82, 2.24) is 0 Å². The number of aromatic hydroxyl groups is 1. The number of para-hydroxylation sites is 1. The predicted octanol–water partition coefficient (Wildman–Crippen LogP) is 3.27. The third kappa shape index (κ3) is 3.25. The molecule has 0 saturated carbocycles. The first-order valence-electron chi connectivity index (χ1n) is 6.48. The Bertz CT molecular complexity index is 654. The zero-order chi connectivity index (χ0) is 15.4. The molecule has 5 nitrogen and oxygen atoms in total. The smallest absolute Gasteiger partial charge is 0.337 e. The Morgan fingerprint density at radius 3 is 2.62 bits per heavy atom. The number of carboxylic acid groups (broad SMARTS) is 1. The molecule has 2 rings (SSSR count). The molecule has 1 unspecified atom stereocenters. The second-order valence-electron chi connectivity index (χ2n) is 4.65. The normalized spacial score (nSPS) is 11.7. The van der Waals surface area contributed by atoms with E-state index in [2.05, 4.69) is 5.32 Å². The maximum Gasteiger partial charge on any atom is 0.337 e. The van der Waals surface area contributed by atoms with Crippen LogP contribution in [0.5, 0.6) is 11.5 Å². The fraction of sp³-hybridized carbons (Fsp3) is 0.188. The van der Waals surface area contributed by atoms with Gasteiger partial charge in [-0.15, -0.1) is 0 Å². The van der Waals surface area contributed by atoms with Crippen LogP contribution in [0.25, 0.3) is 0 Å². The summed E-state index contributed by atoms with van der Waals surface area (Å²) in [7, 11) is 1.48. The minimum absolute atomic E-state index is 0.0689. The van der Waals surface area contributed by atoms with E-state index in [0.29, 0.717) is 11.4 Å². The maximum absolute atomic E-state index is 11.2. The predicted molar refractivity (Wildman–Crippen MR) is 80.1 cm³/mol. The summed E-state index contributed by atoms with van der Waals surface area (Å²) in [5, 5.41) is 21.9. The molecule has 110 valence electrons. The van der Waals surface area contributed by atoms with Gasteiger partial charge in [0.15, 0.2) is 11.5 Å². The van der Waals surface area contributed by atoms with Gasteiger partial charge in [0.05, 0.1) is 12.7 Å². The van der Waals surface area contributed by atoms with Crippen LogP contribution in [0, 0.1) is 0 Å². The number of methoxy groups -OCH3 is 1. The highest BCUT2D eigenvalue weighted by molar-refractivity contribution is 5.94. The average Bonchev–Trinajstić information content (AvgIpc) is 2.48. The van der Waals surface area contributed by atoms with E-state index in [0.717, 1.165) is 5.56 Å². The molecule has 0 radical (unpaired) electrons. The zero-order valence-corrected chi connectivity index (χ0v) is 11.8. The summed E-state index contributed by atoms with van der Waals surface area (Å²) in [4.78, 5) is 11.2. The summed E-state index contributed by atoms with van der Waals surface area (Å²) in [6, 6.07) is 11.6. The number of hydrogen-bond donors (Lipinski definition) is 3. The van der Waals surface area contributed by atoms with Crippen molar-refractivity contribution < 1.29 is 19.7 Å². The second kappa shape index (κ2) is 6.17. The van der Waals surface area contributed by atoms with Gasteiger partial charge in [-0.2, -0.15) is 0 Å². The van der Waals surface area contributed by atoms with Crippen molar-refractivity contribution in [2.45, 2.75) is 13.0 Å². The number of carbonyl (C=O) groups is 1. The Balaban J connectivity index is 2.26. The fourth-order valence-corrected chi connectivity index (χ4v) is 2.08. The molecule has 0 spiro atoms. The molecule has 2 aromatic rings. The molecule has 0 aliphatic heterocycles. The van der Waals surface area contributed by atoms with Crippen molar-refractivity contribution in [3.63, 3.8) is 0 Å². The van der Waals surface area contributed by atoms with Gasteiger partial charge >= 0.3 is 5.97 Å². The van der Waals surface area contributed by atoms with E-state index in [4.69, 9.17) is 4.74 Å². The third-order valence-electron chi connectivity index (χ3n) is 3.23. The van der Waals surface area contributed by atoms with Crippen LogP contribution in [-0.4, -0.2) is 23.3 Å². The van der Waals surface area contributed by atoms with Crippen LogP contribution in [0.1, 0.15) is 28.9 Å². The largest absolute Gasteiger partial charge is 0.504 e. The summed E-state index contributed by atoms with van der Waals surface area (Å²) < 4.78 is 5.08. The summed E-state index contributed by atoms with van der Waals surface area (Å²) in [6.07, 6.45) is 0. The molecule has 21 heavy (non-hydrogen) atoms. The van der Waals surface area contributed by atoms with E-state index >= 15 is 0 Å². The van der Waals surface area contributed by atoms with E-state index in [1.165, 1.54) is 7.11 Å². The lowest BCUT2D eigenvalue weighted by molar-refractivity contribution is 0.0698. The Labute approximate surface area is 122 Å². The van der Waals surface area contributed by atoms with Crippen LogP contribution >= 0.6 is 0 Å². The highest BCUT2D eigenvalue weighted by atomic mass is 16.5. The van der Waals surface area contributed by atoms with Gasteiger partial charge in [0.1, 0.15) is 0 Å². The number of phenols is 1. The van der Waals surface area contributed by atoms with Crippen LogP contribution in [0.15, 0.2) is 42.5 Å². The van der Waals surface area contributed by atoms with Crippen LogP contribution < -0.4 is 10.1 Å². The van der Waals surface area contributed by atoms with Crippen LogP contribution in [-0.2, 0) is 0 Å². The first-order valence-corrected chi connectivity index (χ1v) is 6.48. The summed E-state index contributed by atoms with van der Waals surface area (Å²) in [5.74, 6) is -0.527. The first-order chi connectivity index (χ1) is 10.0. The molecular formula is C16H17NO4. The monoisotopic (exact) mass is 287 g/mol. The number of hydrogen-bond acceptors (Lipinski definition) is 4. The van der Waals surface area contributed by atoms with E-state index in [1.807, 2.05) is 6.92 Å². The molecule has 0 bridgehead atoms. The van der Waals surface area contributed by atoms with Crippen LogP contribution in [0.3, 0.4) is 0 Å². The summed E-state index contributed by atoms with van der Waals surface area (Å²) in [6.45, 7) is 1.91. The van der Waals surface area contributed by atoms with Crippen LogP contribution in [0.2, 0.25) is 0 Å². The number of phenolic OH excluding ortho intramolecular Hbond substituents is 1. The molecule has 0 aromatic heterocycles. The van der Waals surface area contributed by atoms with Crippen molar-refractivity contribution in [2.24, 2.45) is 0 Å². The number of rotatable bonds is 5. The number of aromatic carboxylic acids is 1. The fourth-order valence-electron chi connectivity index (χ4n) is 2.08. The average molecular weight is 287 g/mol. The van der Waals surface area contributed by atoms with E-state index in [-0.39, 0.29) is 17.4 Å². The minimum atomic E-state index is -0.978. The number of anilines is 1. The number of carboxylic acids is 1. The first kappa shape index (κ1) is 14.7. The zero-order valence-electron chi connectivity index (χ0n) is 11.8. The lowest BCUT2D eigenvalue weighted by Crippen LogP contribution is -2.10. The van der Waals surface area contributed by atoms with Gasteiger partial charge in [0.2, 0.25) is 0 Å². The molecule has 0 heterocycles. The van der Waals surface area contributed by atoms with Crippen molar-refractivity contribution in [3.8, 4) is 11.5 Å². The summed E-state index contributed by atoms with van der Waals surface area (Å²) >= 11 is 0. The molecule has 5 heteroatoms. The van der Waals surface area contributed by atoms with Gasteiger partial charge in [-0.25, -0.2) is 4.79 Å². The van der Waals surface area contributed by atoms with Gasteiger partial charge < -0.3 is 20.3 Å². The molecule has 1 atom stereocenters. The topological polar surface area (TPSA) is 78.8 Å². The lowest BCUT2D eigenvalue weighted by atomic mass is 10.1. The number of nitrogens with one attached hydrogen (secondary N) is 1. The molecule has 0 fully saturated rings. The number of benzene rings is 2. The molecule has 0 aliphatic carbocycles. The summed E-state index contributed by atoms with van der Waals surface area (Å²) in [5.41, 5.74) is 1.64. The molecular weight excluding hydrogens is 270 g/mol. The SMILES string of the molecule is COc1cc(C(C)Nc2ccccc2C(=O)O)ccc1O. The van der Waals surface area contributed by atoms with Crippen molar-refractivity contribution in [1.29, 1.82) is 0 Å².